The van der Waals surface area contributed by atoms with Crippen LogP contribution in [0.1, 0.15) is 5.69 Å². The minimum absolute atomic E-state index is 0.00546. The van der Waals surface area contributed by atoms with Gasteiger partial charge in [-0.2, -0.15) is 0 Å². The second kappa shape index (κ2) is 3.57. The Kier molecular flexibility index (Phi) is 2.25. The summed E-state index contributed by atoms with van der Waals surface area (Å²) < 4.78 is 0. The van der Waals surface area contributed by atoms with Crippen molar-refractivity contribution in [3.8, 4) is 22.9 Å². The van der Waals surface area contributed by atoms with Gasteiger partial charge in [0.15, 0.2) is 0 Å². The van der Waals surface area contributed by atoms with Crippen LogP contribution in [-0.4, -0.2) is 20.2 Å². The highest BCUT2D eigenvalue weighted by Crippen LogP contribution is 2.31. The molecule has 2 heterocycles. The molecule has 0 aliphatic carbocycles. The van der Waals surface area contributed by atoms with E-state index in [1.165, 1.54) is 12.1 Å². The van der Waals surface area contributed by atoms with Crippen molar-refractivity contribution in [1.29, 1.82) is 0 Å². The van der Waals surface area contributed by atoms with Gasteiger partial charge in [-0.3, -0.25) is 4.98 Å². The van der Waals surface area contributed by atoms with Crippen LogP contribution in [0.2, 0.25) is 0 Å². The third kappa shape index (κ3) is 1.74. The molecule has 0 radical (unpaired) electrons. The third-order valence-electron chi connectivity index (χ3n) is 2.02. The molecule has 0 bridgehead atoms. The zero-order valence-electron chi connectivity index (χ0n) is 8.18. The van der Waals surface area contributed by atoms with Crippen LogP contribution in [0.3, 0.4) is 0 Å². The first-order valence-corrected chi connectivity index (χ1v) is 4.49. The maximum absolute atomic E-state index is 9.60. The zero-order chi connectivity index (χ0) is 10.8. The highest BCUT2D eigenvalue weighted by atomic mass is 16.3. The Labute approximate surface area is 86.9 Å². The molecule has 0 saturated carbocycles. The summed E-state index contributed by atoms with van der Waals surface area (Å²) >= 11 is 0. The van der Waals surface area contributed by atoms with E-state index in [0.717, 1.165) is 5.69 Å². The van der Waals surface area contributed by atoms with Crippen LogP contribution >= 0.6 is 0 Å². The van der Waals surface area contributed by atoms with E-state index in [-0.39, 0.29) is 11.5 Å². The summed E-state index contributed by atoms with van der Waals surface area (Å²) in [5.41, 5.74) is 1.35. The highest BCUT2D eigenvalue weighted by molar-refractivity contribution is 5.67. The van der Waals surface area contributed by atoms with Gasteiger partial charge in [0.05, 0.1) is 0 Å². The van der Waals surface area contributed by atoms with Crippen molar-refractivity contribution in [2.75, 3.05) is 0 Å². The van der Waals surface area contributed by atoms with Gasteiger partial charge in [0.1, 0.15) is 22.9 Å². The number of pyridine rings is 2. The SMILES string of the molecule is Cc1ccc(O)c(-c2ncccc2O)n1. The lowest BCUT2D eigenvalue weighted by molar-refractivity contribution is 0.465. The summed E-state index contributed by atoms with van der Waals surface area (Å²) in [6.07, 6.45) is 1.54. The van der Waals surface area contributed by atoms with Crippen molar-refractivity contribution >= 4 is 0 Å². The zero-order valence-corrected chi connectivity index (χ0v) is 8.18. The lowest BCUT2D eigenvalue weighted by atomic mass is 10.2. The summed E-state index contributed by atoms with van der Waals surface area (Å²) in [4.78, 5) is 8.11. The molecule has 0 atom stereocenters. The molecule has 0 spiro atoms. The molecule has 2 rings (SSSR count). The fourth-order valence-electron chi connectivity index (χ4n) is 1.30. The van der Waals surface area contributed by atoms with E-state index in [9.17, 15) is 10.2 Å². The molecule has 2 N–H and O–H groups in total. The van der Waals surface area contributed by atoms with Crippen LogP contribution in [-0.2, 0) is 0 Å². The highest BCUT2D eigenvalue weighted by Gasteiger charge is 2.11. The molecule has 4 heteroatoms. The summed E-state index contributed by atoms with van der Waals surface area (Å²) in [6.45, 7) is 1.81. The molecular formula is C11H10N2O2. The largest absolute Gasteiger partial charge is 0.506 e. The van der Waals surface area contributed by atoms with Gasteiger partial charge in [-0.25, -0.2) is 4.98 Å². The number of rotatable bonds is 1. The van der Waals surface area contributed by atoms with Gasteiger partial charge in [-0.1, -0.05) is 0 Å². The van der Waals surface area contributed by atoms with E-state index >= 15 is 0 Å². The van der Waals surface area contributed by atoms with Crippen molar-refractivity contribution in [3.63, 3.8) is 0 Å². The predicted octanol–water partition coefficient (Wildman–Crippen LogP) is 1.86. The quantitative estimate of drug-likeness (QED) is 0.740. The Morgan fingerprint density at radius 2 is 1.73 bits per heavy atom. The van der Waals surface area contributed by atoms with Crippen LogP contribution < -0.4 is 0 Å². The molecule has 0 amide bonds. The molecule has 15 heavy (non-hydrogen) atoms. The summed E-state index contributed by atoms with van der Waals surface area (Å²) in [5, 5.41) is 19.2. The summed E-state index contributed by atoms with van der Waals surface area (Å²) in [6, 6.07) is 6.35. The summed E-state index contributed by atoms with van der Waals surface area (Å²) in [7, 11) is 0. The van der Waals surface area contributed by atoms with Crippen LogP contribution in [0.25, 0.3) is 11.4 Å². The minimum Gasteiger partial charge on any atom is -0.506 e. The third-order valence-corrected chi connectivity index (χ3v) is 2.02. The Morgan fingerprint density at radius 1 is 1.00 bits per heavy atom. The van der Waals surface area contributed by atoms with Crippen LogP contribution in [0.15, 0.2) is 30.5 Å². The van der Waals surface area contributed by atoms with Crippen molar-refractivity contribution in [3.05, 3.63) is 36.2 Å². The molecule has 76 valence electrons. The van der Waals surface area contributed by atoms with Gasteiger partial charge < -0.3 is 10.2 Å². The van der Waals surface area contributed by atoms with E-state index in [2.05, 4.69) is 9.97 Å². The number of aromatic nitrogens is 2. The maximum atomic E-state index is 9.60. The monoisotopic (exact) mass is 202 g/mol. The van der Waals surface area contributed by atoms with Crippen molar-refractivity contribution < 1.29 is 10.2 Å². The van der Waals surface area contributed by atoms with Gasteiger partial charge in [-0.15, -0.1) is 0 Å². The molecular weight excluding hydrogens is 192 g/mol. The smallest absolute Gasteiger partial charge is 0.143 e. The van der Waals surface area contributed by atoms with E-state index in [1.807, 2.05) is 6.92 Å². The topological polar surface area (TPSA) is 66.2 Å². The van der Waals surface area contributed by atoms with E-state index in [0.29, 0.717) is 11.4 Å². The lowest BCUT2D eigenvalue weighted by Gasteiger charge is -2.05. The molecule has 0 aliphatic heterocycles. The van der Waals surface area contributed by atoms with E-state index in [1.54, 1.807) is 18.3 Å². The number of aromatic hydroxyl groups is 2. The molecule has 0 unspecified atom stereocenters. The van der Waals surface area contributed by atoms with Gasteiger partial charge >= 0.3 is 0 Å². The minimum atomic E-state index is 0.00546. The Bertz CT molecular complexity index is 498. The van der Waals surface area contributed by atoms with Gasteiger partial charge in [0.2, 0.25) is 0 Å². The van der Waals surface area contributed by atoms with Gasteiger partial charge in [0, 0.05) is 11.9 Å². The number of nitrogens with zero attached hydrogens (tertiary/aromatic N) is 2. The number of hydrogen-bond acceptors (Lipinski definition) is 4. The lowest BCUT2D eigenvalue weighted by Crippen LogP contribution is -1.90. The van der Waals surface area contributed by atoms with Crippen molar-refractivity contribution in [2.24, 2.45) is 0 Å². The fraction of sp³-hybridized carbons (Fsp3) is 0.0909. The first-order chi connectivity index (χ1) is 7.18. The Morgan fingerprint density at radius 3 is 2.47 bits per heavy atom. The normalized spacial score (nSPS) is 10.2. The Balaban J connectivity index is 2.64. The second-order valence-corrected chi connectivity index (χ2v) is 3.19. The first kappa shape index (κ1) is 9.45. The van der Waals surface area contributed by atoms with Gasteiger partial charge in [0.25, 0.3) is 0 Å². The molecule has 2 aromatic rings. The Hall–Kier alpha value is -2.10. The molecule has 0 aliphatic rings. The van der Waals surface area contributed by atoms with Gasteiger partial charge in [-0.05, 0) is 31.2 Å². The van der Waals surface area contributed by atoms with Crippen LogP contribution in [0.4, 0.5) is 0 Å². The molecule has 0 fully saturated rings. The predicted molar refractivity (Wildman–Crippen MR) is 55.5 cm³/mol. The summed E-state index contributed by atoms with van der Waals surface area (Å²) in [5.74, 6) is 0.0144. The molecule has 0 aromatic carbocycles. The molecule has 2 aromatic heterocycles. The van der Waals surface area contributed by atoms with Crippen LogP contribution in [0, 0.1) is 6.92 Å². The molecule has 4 nitrogen and oxygen atoms in total. The average Bonchev–Trinajstić information content (AvgIpc) is 2.23. The maximum Gasteiger partial charge on any atom is 0.143 e. The standard InChI is InChI=1S/C11H10N2O2/c1-7-4-5-9(15)11(13-7)10-8(14)3-2-6-12-10/h2-6,14-15H,1H3. The fourth-order valence-corrected chi connectivity index (χ4v) is 1.30. The molecule has 0 saturated heterocycles. The van der Waals surface area contributed by atoms with E-state index in [4.69, 9.17) is 0 Å². The number of aryl methyl sites for hydroxylation is 1. The van der Waals surface area contributed by atoms with E-state index < -0.39 is 0 Å². The number of hydrogen-bond donors (Lipinski definition) is 2. The van der Waals surface area contributed by atoms with Crippen molar-refractivity contribution in [1.82, 2.24) is 9.97 Å². The first-order valence-electron chi connectivity index (χ1n) is 4.49. The average molecular weight is 202 g/mol. The second-order valence-electron chi connectivity index (χ2n) is 3.19. The van der Waals surface area contributed by atoms with Crippen molar-refractivity contribution in [2.45, 2.75) is 6.92 Å². The van der Waals surface area contributed by atoms with Crippen LogP contribution in [0.5, 0.6) is 11.5 Å².